The molecule has 8 heteroatoms. The van der Waals surface area contributed by atoms with Crippen LogP contribution in [-0.2, 0) is 9.53 Å². The number of carbonyl (C=O) groups excluding carboxylic acids is 2. The Hall–Kier alpha value is -2.87. The second kappa shape index (κ2) is 17.6. The molecule has 0 aromatic heterocycles. The molecule has 3 N–H and O–H groups in total. The summed E-state index contributed by atoms with van der Waals surface area (Å²) in [7, 11) is 1.55. The molecule has 0 spiro atoms. The Bertz CT molecular complexity index is 881. The van der Waals surface area contributed by atoms with Crippen LogP contribution in [-0.4, -0.2) is 50.4 Å². The summed E-state index contributed by atoms with van der Waals surface area (Å²) in [6.45, 7) is 5.68. The molecule has 186 valence electrons. The third-order valence-corrected chi connectivity index (χ3v) is 4.62. The van der Waals surface area contributed by atoms with Crippen molar-refractivity contribution in [3.63, 3.8) is 0 Å². The molecule has 0 atom stereocenters. The number of unbranched alkanes of at least 4 members (excludes halogenated alkanes) is 1. The van der Waals surface area contributed by atoms with Crippen LogP contribution >= 0.6 is 11.6 Å². The van der Waals surface area contributed by atoms with E-state index in [0.717, 1.165) is 24.8 Å². The lowest BCUT2D eigenvalue weighted by Gasteiger charge is -2.12. The van der Waals surface area contributed by atoms with E-state index in [4.69, 9.17) is 26.2 Å². The Morgan fingerprint density at radius 3 is 2.21 bits per heavy atom. The standard InChI is InChI=1S/C23H27ClN2O4.C3H8O/c1-3-4-14-30-20-11-7-18(8-12-20)22(27)26-21(23(28)25-13-15-29-2)16-17-5-9-19(24)10-6-17;1-2-3-4/h5-12,16H,3-4,13-15H2,1-2H3,(H,25,28)(H,26,27);4H,2-3H2,1H3/b21-16-;. The van der Waals surface area contributed by atoms with Crippen molar-refractivity contribution in [2.75, 3.05) is 33.5 Å². The average molecular weight is 491 g/mol. The van der Waals surface area contributed by atoms with Crippen molar-refractivity contribution in [3.05, 3.63) is 70.4 Å². The lowest BCUT2D eigenvalue weighted by Crippen LogP contribution is -2.36. The zero-order valence-corrected chi connectivity index (χ0v) is 20.9. The molecule has 0 aliphatic heterocycles. The van der Waals surface area contributed by atoms with Gasteiger partial charge >= 0.3 is 0 Å². The molecule has 0 aliphatic rings. The van der Waals surface area contributed by atoms with Gasteiger partial charge in [-0.3, -0.25) is 9.59 Å². The molecule has 34 heavy (non-hydrogen) atoms. The number of ether oxygens (including phenoxy) is 2. The monoisotopic (exact) mass is 490 g/mol. The molecule has 0 unspecified atom stereocenters. The number of hydrogen-bond acceptors (Lipinski definition) is 5. The summed E-state index contributed by atoms with van der Waals surface area (Å²) < 4.78 is 10.6. The van der Waals surface area contributed by atoms with Crippen molar-refractivity contribution in [1.82, 2.24) is 10.6 Å². The van der Waals surface area contributed by atoms with Crippen molar-refractivity contribution in [2.24, 2.45) is 0 Å². The predicted octanol–water partition coefficient (Wildman–Crippen LogP) is 4.44. The van der Waals surface area contributed by atoms with Gasteiger partial charge in [-0.1, -0.05) is 44.0 Å². The van der Waals surface area contributed by atoms with E-state index in [2.05, 4.69) is 17.6 Å². The van der Waals surface area contributed by atoms with Crippen molar-refractivity contribution in [3.8, 4) is 5.75 Å². The zero-order valence-electron chi connectivity index (χ0n) is 20.1. The Morgan fingerprint density at radius 2 is 1.65 bits per heavy atom. The smallest absolute Gasteiger partial charge is 0.267 e. The van der Waals surface area contributed by atoms with E-state index in [1.54, 1.807) is 61.7 Å². The largest absolute Gasteiger partial charge is 0.494 e. The maximum Gasteiger partial charge on any atom is 0.267 e. The quantitative estimate of drug-likeness (QED) is 0.302. The molecule has 0 heterocycles. The molecule has 2 amide bonds. The van der Waals surface area contributed by atoms with Gasteiger partial charge in [0.2, 0.25) is 0 Å². The molecule has 2 aromatic carbocycles. The van der Waals surface area contributed by atoms with Crippen LogP contribution < -0.4 is 15.4 Å². The molecule has 2 aromatic rings. The summed E-state index contributed by atoms with van der Waals surface area (Å²) in [4.78, 5) is 25.2. The lowest BCUT2D eigenvalue weighted by molar-refractivity contribution is -0.117. The number of amides is 2. The second-order valence-electron chi connectivity index (χ2n) is 7.26. The number of benzene rings is 2. The van der Waals surface area contributed by atoms with Crippen LogP contribution in [0.15, 0.2) is 54.2 Å². The summed E-state index contributed by atoms with van der Waals surface area (Å²) in [6, 6.07) is 13.8. The van der Waals surface area contributed by atoms with Gasteiger partial charge in [0.25, 0.3) is 11.8 Å². The number of rotatable bonds is 12. The van der Waals surface area contributed by atoms with E-state index >= 15 is 0 Å². The highest BCUT2D eigenvalue weighted by molar-refractivity contribution is 6.30. The fourth-order valence-corrected chi connectivity index (χ4v) is 2.60. The molecule has 0 bridgehead atoms. The third-order valence-electron chi connectivity index (χ3n) is 4.37. The number of aliphatic hydroxyl groups excluding tert-OH is 1. The SMILES string of the molecule is CCCCOc1ccc(C(=O)N/C(=C\c2ccc(Cl)cc2)C(=O)NCCOC)cc1.CCCO. The Kier molecular flexibility index (Phi) is 15.1. The summed E-state index contributed by atoms with van der Waals surface area (Å²) in [5.74, 6) is -0.0960. The number of nitrogens with one attached hydrogen (secondary N) is 2. The fraction of sp³-hybridized carbons (Fsp3) is 0.385. The van der Waals surface area contributed by atoms with E-state index in [1.807, 2.05) is 6.92 Å². The van der Waals surface area contributed by atoms with Crippen LogP contribution in [0.4, 0.5) is 0 Å². The van der Waals surface area contributed by atoms with Crippen molar-refractivity contribution >= 4 is 29.5 Å². The summed E-state index contributed by atoms with van der Waals surface area (Å²) in [5.41, 5.74) is 1.28. The van der Waals surface area contributed by atoms with Gasteiger partial charge in [-0.15, -0.1) is 0 Å². The van der Waals surface area contributed by atoms with Gasteiger partial charge in [-0.25, -0.2) is 0 Å². The Balaban J connectivity index is 0.00000133. The Morgan fingerprint density at radius 1 is 1.00 bits per heavy atom. The van der Waals surface area contributed by atoms with E-state index in [1.165, 1.54) is 0 Å². The first-order valence-corrected chi connectivity index (χ1v) is 11.7. The van der Waals surface area contributed by atoms with Crippen LogP contribution in [0, 0.1) is 0 Å². The van der Waals surface area contributed by atoms with Crippen molar-refractivity contribution in [2.45, 2.75) is 33.1 Å². The van der Waals surface area contributed by atoms with Crippen LogP contribution in [0.25, 0.3) is 6.08 Å². The number of methoxy groups -OCH3 is 1. The normalized spacial score (nSPS) is 10.7. The molecule has 0 radical (unpaired) electrons. The van der Waals surface area contributed by atoms with Gasteiger partial charge in [-0.2, -0.15) is 0 Å². The van der Waals surface area contributed by atoms with E-state index in [-0.39, 0.29) is 5.70 Å². The van der Waals surface area contributed by atoms with Crippen LogP contribution in [0.1, 0.15) is 49.0 Å². The van der Waals surface area contributed by atoms with Gasteiger partial charge in [0.15, 0.2) is 0 Å². The first kappa shape index (κ1) is 29.2. The summed E-state index contributed by atoms with van der Waals surface area (Å²) >= 11 is 5.92. The van der Waals surface area contributed by atoms with Crippen molar-refractivity contribution < 1.29 is 24.2 Å². The first-order chi connectivity index (χ1) is 16.4. The van der Waals surface area contributed by atoms with Gasteiger partial charge in [0, 0.05) is 30.8 Å². The maximum atomic E-state index is 12.7. The van der Waals surface area contributed by atoms with Crippen LogP contribution in [0.3, 0.4) is 0 Å². The number of aliphatic hydroxyl groups is 1. The molecule has 0 fully saturated rings. The lowest BCUT2D eigenvalue weighted by atomic mass is 10.1. The van der Waals surface area contributed by atoms with Crippen LogP contribution in [0.2, 0.25) is 5.02 Å². The maximum absolute atomic E-state index is 12.7. The minimum absolute atomic E-state index is 0.127. The summed E-state index contributed by atoms with van der Waals surface area (Å²) in [6.07, 6.45) is 4.49. The third kappa shape index (κ3) is 11.8. The van der Waals surface area contributed by atoms with Crippen molar-refractivity contribution in [1.29, 1.82) is 0 Å². The molecule has 0 saturated heterocycles. The number of halogens is 1. The van der Waals surface area contributed by atoms with Gasteiger partial charge in [-0.05, 0) is 60.9 Å². The Labute approximate surface area is 207 Å². The van der Waals surface area contributed by atoms with E-state index < -0.39 is 11.8 Å². The zero-order chi connectivity index (χ0) is 25.2. The first-order valence-electron chi connectivity index (χ1n) is 11.3. The van der Waals surface area contributed by atoms with Crippen LogP contribution in [0.5, 0.6) is 5.75 Å². The highest BCUT2D eigenvalue weighted by Gasteiger charge is 2.14. The molecule has 0 saturated carbocycles. The highest BCUT2D eigenvalue weighted by Crippen LogP contribution is 2.15. The molecule has 7 nitrogen and oxygen atoms in total. The topological polar surface area (TPSA) is 96.9 Å². The minimum Gasteiger partial charge on any atom is -0.494 e. The fourth-order valence-electron chi connectivity index (χ4n) is 2.48. The van der Waals surface area contributed by atoms with Gasteiger partial charge < -0.3 is 25.2 Å². The average Bonchev–Trinajstić information content (AvgIpc) is 2.85. The van der Waals surface area contributed by atoms with E-state index in [0.29, 0.717) is 42.7 Å². The molecule has 0 aliphatic carbocycles. The number of hydrogen-bond donors (Lipinski definition) is 3. The molecular formula is C26H35ClN2O5. The second-order valence-corrected chi connectivity index (χ2v) is 7.70. The molecular weight excluding hydrogens is 456 g/mol. The predicted molar refractivity (Wildman–Crippen MR) is 136 cm³/mol. The molecule has 2 rings (SSSR count). The van der Waals surface area contributed by atoms with E-state index in [9.17, 15) is 9.59 Å². The highest BCUT2D eigenvalue weighted by atomic mass is 35.5. The van der Waals surface area contributed by atoms with Gasteiger partial charge in [0.05, 0.1) is 13.2 Å². The van der Waals surface area contributed by atoms with Gasteiger partial charge in [0.1, 0.15) is 11.4 Å². The number of carbonyl (C=O) groups is 2. The summed E-state index contributed by atoms with van der Waals surface area (Å²) in [5, 5.41) is 13.9. The minimum atomic E-state index is -0.408.